The Morgan fingerprint density at radius 2 is 2.03 bits per heavy atom. The number of carbonyl (C=O) groups excluding carboxylic acids is 1. The standard InChI is InChI=1S/C25H22BrFN2O3/c1-25(2)10-19(30)23-21(11-25)32-24(29)17(12-28)22(23)16-9-15(26)7-8-20(16)31-13-14-5-3-4-6-18(14)27/h3-9,17,22,29H,10-11,13H2,1-2H3. The summed E-state index contributed by atoms with van der Waals surface area (Å²) >= 11 is 3.46. The second-order valence-corrected chi connectivity index (χ2v) is 9.81. The Labute approximate surface area is 194 Å². The van der Waals surface area contributed by atoms with Crippen LogP contribution in [0.4, 0.5) is 4.39 Å². The molecule has 2 aromatic rings. The molecular weight excluding hydrogens is 475 g/mol. The Kier molecular flexibility index (Phi) is 5.91. The summed E-state index contributed by atoms with van der Waals surface area (Å²) in [5.41, 5.74) is 1.13. The SMILES string of the molecule is CC1(C)CC(=O)C2=C(C1)OC(=N)C(C#N)C2c1cc(Br)ccc1OCc1ccccc1F. The summed E-state index contributed by atoms with van der Waals surface area (Å²) in [6.07, 6.45) is 0.834. The van der Waals surface area contributed by atoms with Crippen LogP contribution in [0.25, 0.3) is 0 Å². The number of hydrogen-bond acceptors (Lipinski definition) is 5. The van der Waals surface area contributed by atoms with Crippen molar-refractivity contribution < 1.29 is 18.7 Å². The molecule has 0 aromatic heterocycles. The zero-order chi connectivity index (χ0) is 23.0. The van der Waals surface area contributed by atoms with Gasteiger partial charge in [0, 0.05) is 39.9 Å². The van der Waals surface area contributed by atoms with Gasteiger partial charge in [-0.2, -0.15) is 5.26 Å². The van der Waals surface area contributed by atoms with E-state index in [1.807, 2.05) is 13.8 Å². The molecule has 4 rings (SSSR count). The van der Waals surface area contributed by atoms with Crippen LogP contribution in [-0.2, 0) is 16.1 Å². The van der Waals surface area contributed by atoms with Gasteiger partial charge in [0.05, 0.1) is 6.07 Å². The highest BCUT2D eigenvalue weighted by atomic mass is 79.9. The number of ketones is 1. The van der Waals surface area contributed by atoms with Gasteiger partial charge in [-0.25, -0.2) is 4.39 Å². The second-order valence-electron chi connectivity index (χ2n) is 8.89. The topological polar surface area (TPSA) is 83.2 Å². The highest BCUT2D eigenvalue weighted by Crippen LogP contribution is 2.50. The van der Waals surface area contributed by atoms with Gasteiger partial charge in [0.1, 0.15) is 29.9 Å². The van der Waals surface area contributed by atoms with E-state index in [9.17, 15) is 14.4 Å². The monoisotopic (exact) mass is 496 g/mol. The van der Waals surface area contributed by atoms with Gasteiger partial charge in [-0.15, -0.1) is 0 Å². The lowest BCUT2D eigenvalue weighted by Gasteiger charge is -2.39. The Bertz CT molecular complexity index is 1180. The summed E-state index contributed by atoms with van der Waals surface area (Å²) in [6, 6.07) is 13.8. The highest BCUT2D eigenvalue weighted by molar-refractivity contribution is 9.10. The van der Waals surface area contributed by atoms with E-state index in [1.54, 1.807) is 36.4 Å². The van der Waals surface area contributed by atoms with Crippen molar-refractivity contribution >= 4 is 27.6 Å². The van der Waals surface area contributed by atoms with Crippen LogP contribution in [0.3, 0.4) is 0 Å². The smallest absolute Gasteiger partial charge is 0.205 e. The number of nitrogens with zero attached hydrogens (tertiary/aromatic N) is 1. The second kappa shape index (κ2) is 8.51. The summed E-state index contributed by atoms with van der Waals surface area (Å²) in [4.78, 5) is 13.2. The van der Waals surface area contributed by atoms with E-state index in [4.69, 9.17) is 14.9 Å². The zero-order valence-electron chi connectivity index (χ0n) is 17.7. The fourth-order valence-corrected chi connectivity index (χ4v) is 4.74. The zero-order valence-corrected chi connectivity index (χ0v) is 19.3. The van der Waals surface area contributed by atoms with Crippen LogP contribution < -0.4 is 4.74 Å². The van der Waals surface area contributed by atoms with Crippen molar-refractivity contribution in [3.05, 3.63) is 75.2 Å². The first-order valence-corrected chi connectivity index (χ1v) is 11.1. The number of nitrogens with one attached hydrogen (secondary N) is 1. The molecule has 0 amide bonds. The molecule has 1 aliphatic carbocycles. The van der Waals surface area contributed by atoms with Crippen molar-refractivity contribution in [1.29, 1.82) is 10.7 Å². The van der Waals surface area contributed by atoms with Gasteiger partial charge in [-0.05, 0) is 29.7 Å². The van der Waals surface area contributed by atoms with Crippen LogP contribution in [0, 0.1) is 33.9 Å². The third-order valence-corrected chi connectivity index (χ3v) is 6.32. The molecule has 0 radical (unpaired) electrons. The molecule has 5 nitrogen and oxygen atoms in total. The van der Waals surface area contributed by atoms with Crippen molar-refractivity contribution in [2.24, 2.45) is 11.3 Å². The number of nitriles is 1. The molecule has 0 saturated heterocycles. The van der Waals surface area contributed by atoms with Gasteiger partial charge in [-0.3, -0.25) is 10.2 Å². The maximum atomic E-state index is 14.1. The molecule has 1 aliphatic heterocycles. The largest absolute Gasteiger partial charge is 0.488 e. The molecule has 0 spiro atoms. The molecular formula is C25H22BrFN2O3. The van der Waals surface area contributed by atoms with E-state index in [1.165, 1.54) is 6.07 Å². The molecule has 0 saturated carbocycles. The Hall–Kier alpha value is -2.98. The van der Waals surface area contributed by atoms with Crippen molar-refractivity contribution in [2.45, 2.75) is 39.2 Å². The number of allylic oxidation sites excluding steroid dienone is 2. The summed E-state index contributed by atoms with van der Waals surface area (Å²) in [5.74, 6) is -1.43. The third kappa shape index (κ3) is 4.20. The maximum Gasteiger partial charge on any atom is 0.205 e. The number of benzene rings is 2. The molecule has 2 aliphatic rings. The molecule has 32 heavy (non-hydrogen) atoms. The average molecular weight is 497 g/mol. The number of rotatable bonds is 4. The van der Waals surface area contributed by atoms with Gasteiger partial charge < -0.3 is 9.47 Å². The van der Waals surface area contributed by atoms with Crippen LogP contribution in [0.5, 0.6) is 5.75 Å². The molecule has 0 bridgehead atoms. The quantitative estimate of drug-likeness (QED) is 0.558. The molecule has 2 aromatic carbocycles. The summed E-state index contributed by atoms with van der Waals surface area (Å²) in [7, 11) is 0. The summed E-state index contributed by atoms with van der Waals surface area (Å²) in [6.45, 7) is 3.95. The number of halogens is 2. The first kappa shape index (κ1) is 22.2. The Morgan fingerprint density at radius 3 is 2.75 bits per heavy atom. The van der Waals surface area contributed by atoms with Crippen molar-refractivity contribution in [1.82, 2.24) is 0 Å². The third-order valence-electron chi connectivity index (χ3n) is 5.83. The van der Waals surface area contributed by atoms with E-state index < -0.39 is 11.8 Å². The van der Waals surface area contributed by atoms with Crippen molar-refractivity contribution in [3.63, 3.8) is 0 Å². The van der Waals surface area contributed by atoms with E-state index in [-0.39, 0.29) is 29.5 Å². The minimum absolute atomic E-state index is 0.00786. The summed E-state index contributed by atoms with van der Waals surface area (Å²) < 4.78 is 26.5. The minimum atomic E-state index is -0.968. The van der Waals surface area contributed by atoms with Gasteiger partial charge in [0.15, 0.2) is 5.78 Å². The highest BCUT2D eigenvalue weighted by Gasteiger charge is 2.47. The minimum Gasteiger partial charge on any atom is -0.488 e. The van der Waals surface area contributed by atoms with Crippen LogP contribution in [0.1, 0.15) is 43.7 Å². The fraction of sp³-hybridized carbons (Fsp3) is 0.320. The predicted molar refractivity (Wildman–Crippen MR) is 121 cm³/mol. The number of Topliss-reactive ketones (excluding diaryl/α,β-unsaturated/α-hetero) is 1. The van der Waals surface area contributed by atoms with Crippen LogP contribution in [-0.4, -0.2) is 11.7 Å². The maximum absolute atomic E-state index is 14.1. The first-order chi connectivity index (χ1) is 15.2. The molecule has 2 unspecified atom stereocenters. The fourth-order valence-electron chi connectivity index (χ4n) is 4.36. The lowest BCUT2D eigenvalue weighted by molar-refractivity contribution is -0.119. The molecule has 7 heteroatoms. The molecule has 164 valence electrons. The normalized spacial score (nSPS) is 22.1. The lowest BCUT2D eigenvalue weighted by Crippen LogP contribution is -2.38. The van der Waals surface area contributed by atoms with E-state index in [2.05, 4.69) is 22.0 Å². The van der Waals surface area contributed by atoms with Crippen molar-refractivity contribution in [3.8, 4) is 11.8 Å². The molecule has 1 heterocycles. The average Bonchev–Trinajstić information content (AvgIpc) is 2.72. The number of hydrogen-bond donors (Lipinski definition) is 1. The molecule has 0 fully saturated rings. The van der Waals surface area contributed by atoms with Gasteiger partial charge in [0.2, 0.25) is 5.90 Å². The lowest BCUT2D eigenvalue weighted by atomic mass is 9.68. The Morgan fingerprint density at radius 1 is 1.28 bits per heavy atom. The molecule has 1 N–H and O–H groups in total. The first-order valence-electron chi connectivity index (χ1n) is 10.3. The van der Waals surface area contributed by atoms with Gasteiger partial charge in [-0.1, -0.05) is 48.0 Å². The van der Waals surface area contributed by atoms with E-state index >= 15 is 0 Å². The van der Waals surface area contributed by atoms with E-state index in [0.717, 1.165) is 4.47 Å². The summed E-state index contributed by atoms with van der Waals surface area (Å²) in [5, 5.41) is 18.2. The van der Waals surface area contributed by atoms with Crippen LogP contribution in [0.2, 0.25) is 0 Å². The number of carbonyl (C=O) groups is 1. The molecule has 2 atom stereocenters. The Balaban J connectivity index is 1.80. The van der Waals surface area contributed by atoms with Gasteiger partial charge >= 0.3 is 0 Å². The number of ether oxygens (including phenoxy) is 2. The van der Waals surface area contributed by atoms with Crippen LogP contribution >= 0.6 is 15.9 Å². The van der Waals surface area contributed by atoms with Crippen LogP contribution in [0.15, 0.2) is 58.3 Å². The van der Waals surface area contributed by atoms with Gasteiger partial charge in [0.25, 0.3) is 0 Å². The van der Waals surface area contributed by atoms with E-state index in [0.29, 0.717) is 41.1 Å². The van der Waals surface area contributed by atoms with Crippen molar-refractivity contribution in [2.75, 3.05) is 0 Å². The predicted octanol–water partition coefficient (Wildman–Crippen LogP) is 6.04.